The molecule has 2 saturated heterocycles. The van der Waals surface area contributed by atoms with E-state index in [4.69, 9.17) is 4.74 Å². The molecule has 3 aliphatic heterocycles. The van der Waals surface area contributed by atoms with Crippen LogP contribution < -0.4 is 0 Å². The number of aliphatic hydroxyl groups excluding tert-OH is 1. The van der Waals surface area contributed by atoms with Crippen molar-refractivity contribution in [2.24, 2.45) is 11.8 Å². The second-order valence-corrected chi connectivity index (χ2v) is 12.2. The van der Waals surface area contributed by atoms with Gasteiger partial charge in [0.1, 0.15) is 11.4 Å². The molecule has 0 spiro atoms. The minimum atomic E-state index is -4.42. The average molecular weight is 573 g/mol. The smallest absolute Gasteiger partial charge is 0.416 e. The summed E-state index contributed by atoms with van der Waals surface area (Å²) in [6.45, 7) is 6.23. The molecule has 0 radical (unpaired) electrons. The number of piperidine rings is 1. The maximum absolute atomic E-state index is 14.0. The second kappa shape index (κ2) is 10.7. The molecule has 1 saturated carbocycles. The van der Waals surface area contributed by atoms with Gasteiger partial charge in [-0.3, -0.25) is 9.69 Å². The van der Waals surface area contributed by atoms with Crippen LogP contribution in [0.2, 0.25) is 0 Å². The topological polar surface area (TPSA) is 53.0 Å². The number of aliphatic hydroxyl groups is 1. The molecule has 41 heavy (non-hydrogen) atoms. The molecule has 2 aromatic rings. The Morgan fingerprint density at radius 3 is 2.41 bits per heavy atom. The molecular weight excluding hydrogens is 536 g/mol. The van der Waals surface area contributed by atoms with Gasteiger partial charge in [-0.1, -0.05) is 24.8 Å². The van der Waals surface area contributed by atoms with Crippen molar-refractivity contribution >= 4 is 5.91 Å². The monoisotopic (exact) mass is 572 g/mol. The molecule has 2 aromatic carbocycles. The van der Waals surface area contributed by atoms with Crippen molar-refractivity contribution in [2.75, 3.05) is 26.2 Å². The molecule has 5 nitrogen and oxygen atoms in total. The third-order valence-electron chi connectivity index (χ3n) is 9.70. The molecule has 3 heterocycles. The van der Waals surface area contributed by atoms with Crippen LogP contribution in [0.1, 0.15) is 60.3 Å². The Bertz CT molecular complexity index is 1300. The predicted molar refractivity (Wildman–Crippen MR) is 146 cm³/mol. The quantitative estimate of drug-likeness (QED) is 0.341. The van der Waals surface area contributed by atoms with Crippen LogP contribution in [0.15, 0.2) is 54.8 Å². The van der Waals surface area contributed by atoms with E-state index >= 15 is 0 Å². The Kier molecular flexibility index (Phi) is 7.39. The first-order valence-electron chi connectivity index (χ1n) is 14.5. The Morgan fingerprint density at radius 2 is 1.78 bits per heavy atom. The zero-order valence-electron chi connectivity index (χ0n) is 23.0. The number of rotatable bonds is 5. The number of likely N-dealkylation sites (tertiary alicyclic amines) is 1. The van der Waals surface area contributed by atoms with E-state index in [2.05, 4.69) is 11.5 Å². The van der Waals surface area contributed by atoms with Gasteiger partial charge in [0.25, 0.3) is 5.91 Å². The number of carbonyl (C=O) groups is 1. The van der Waals surface area contributed by atoms with E-state index in [1.807, 2.05) is 0 Å². The summed E-state index contributed by atoms with van der Waals surface area (Å²) in [5, 5.41) is 10.5. The highest BCUT2D eigenvalue weighted by Gasteiger charge is 2.56. The van der Waals surface area contributed by atoms with Crippen LogP contribution in [0.5, 0.6) is 0 Å². The molecule has 2 unspecified atom stereocenters. The molecule has 1 N–H and O–H groups in total. The van der Waals surface area contributed by atoms with Crippen LogP contribution in [0.3, 0.4) is 0 Å². The minimum Gasteiger partial charge on any atom is -0.513 e. The van der Waals surface area contributed by atoms with E-state index in [1.165, 1.54) is 24.3 Å². The number of nitrogens with zero attached hydrogens (tertiary/aromatic N) is 2. The highest BCUT2D eigenvalue weighted by atomic mass is 19.4. The zero-order valence-corrected chi connectivity index (χ0v) is 23.0. The Hall–Kier alpha value is -2.91. The minimum absolute atomic E-state index is 0.0424. The number of fused-ring (bicyclic) bond motifs is 1. The number of hydrogen-bond donors (Lipinski definition) is 1. The molecule has 1 aliphatic carbocycles. The van der Waals surface area contributed by atoms with Crippen molar-refractivity contribution in [1.29, 1.82) is 0 Å². The fourth-order valence-corrected chi connectivity index (χ4v) is 7.21. The molecule has 3 fully saturated rings. The average Bonchev–Trinajstić information content (AvgIpc) is 3.82. The first kappa shape index (κ1) is 28.2. The summed E-state index contributed by atoms with van der Waals surface area (Å²) in [6.07, 6.45) is 0.0344. The fourth-order valence-electron chi connectivity index (χ4n) is 7.21. The number of halogens is 4. The van der Waals surface area contributed by atoms with Gasteiger partial charge in [0.05, 0.1) is 17.9 Å². The second-order valence-electron chi connectivity index (χ2n) is 12.2. The standard InChI is InChI=1S/C32H36F4N2O3/c1-20(39)29-18-37(15-12-28(29)22-3-8-26(33)9-4-22)27-10-13-31(41-19-27,24-6-7-24)30(40)38-14-11-21-2-5-25(32(34,35)36)16-23(21)17-38/h2-5,8-9,16,24,27-29,39H,1,6-7,10-15,17-19H2/t27?,28?,29-,31-/m0/s1. The van der Waals surface area contributed by atoms with Gasteiger partial charge < -0.3 is 14.7 Å². The van der Waals surface area contributed by atoms with Gasteiger partial charge in [-0.2, -0.15) is 13.2 Å². The van der Waals surface area contributed by atoms with Crippen LogP contribution in [0.4, 0.5) is 17.6 Å². The van der Waals surface area contributed by atoms with Gasteiger partial charge in [-0.25, -0.2) is 4.39 Å². The first-order valence-corrected chi connectivity index (χ1v) is 14.5. The van der Waals surface area contributed by atoms with E-state index in [-0.39, 0.29) is 47.8 Å². The zero-order chi connectivity index (χ0) is 28.9. The van der Waals surface area contributed by atoms with E-state index in [1.54, 1.807) is 17.0 Å². The summed E-state index contributed by atoms with van der Waals surface area (Å²) in [5.41, 5.74) is 0.776. The summed E-state index contributed by atoms with van der Waals surface area (Å²) in [4.78, 5) is 18.0. The van der Waals surface area contributed by atoms with Crippen molar-refractivity contribution in [3.05, 3.63) is 82.9 Å². The van der Waals surface area contributed by atoms with Gasteiger partial charge in [-0.15, -0.1) is 0 Å². The molecule has 6 rings (SSSR count). The highest BCUT2D eigenvalue weighted by molar-refractivity contribution is 5.86. The Morgan fingerprint density at radius 1 is 1.02 bits per heavy atom. The van der Waals surface area contributed by atoms with Crippen LogP contribution in [0.25, 0.3) is 0 Å². The van der Waals surface area contributed by atoms with Crippen molar-refractivity contribution in [3.63, 3.8) is 0 Å². The van der Waals surface area contributed by atoms with E-state index in [0.29, 0.717) is 38.1 Å². The highest BCUT2D eigenvalue weighted by Crippen LogP contribution is 2.49. The SMILES string of the molecule is C=C(O)[C@@H]1CN(C2CC[C@@](C(=O)N3CCc4ccc(C(F)(F)F)cc4C3)(C3CC3)OC2)CCC1c1ccc(F)cc1. The van der Waals surface area contributed by atoms with Gasteiger partial charge in [0, 0.05) is 31.6 Å². The van der Waals surface area contributed by atoms with Crippen molar-refractivity contribution in [3.8, 4) is 0 Å². The lowest BCUT2D eigenvalue weighted by Crippen LogP contribution is -2.59. The lowest BCUT2D eigenvalue weighted by Gasteiger charge is -2.48. The molecular formula is C32H36F4N2O3. The fraction of sp³-hybridized carbons (Fsp3) is 0.531. The molecule has 0 bridgehead atoms. The van der Waals surface area contributed by atoms with Crippen LogP contribution in [-0.2, 0) is 28.7 Å². The molecule has 220 valence electrons. The normalized spacial score (nSPS) is 29.2. The van der Waals surface area contributed by atoms with Gasteiger partial charge in [0.2, 0.25) is 0 Å². The van der Waals surface area contributed by atoms with Crippen molar-refractivity contribution in [1.82, 2.24) is 9.80 Å². The van der Waals surface area contributed by atoms with E-state index in [9.17, 15) is 27.5 Å². The number of alkyl halides is 3. The van der Waals surface area contributed by atoms with Crippen molar-refractivity contribution in [2.45, 2.75) is 68.8 Å². The molecule has 9 heteroatoms. The summed E-state index contributed by atoms with van der Waals surface area (Å²) in [6, 6.07) is 10.3. The molecule has 1 amide bonds. The number of amides is 1. The lowest BCUT2D eigenvalue weighted by atomic mass is 9.78. The molecule has 4 atom stereocenters. The number of carbonyl (C=O) groups excluding carboxylic acids is 1. The van der Waals surface area contributed by atoms with Gasteiger partial charge in [0.15, 0.2) is 0 Å². The van der Waals surface area contributed by atoms with Gasteiger partial charge in [-0.05, 0) is 97.9 Å². The lowest BCUT2D eigenvalue weighted by molar-refractivity contribution is -0.177. The van der Waals surface area contributed by atoms with E-state index in [0.717, 1.165) is 49.4 Å². The Balaban J connectivity index is 1.13. The first-order chi connectivity index (χ1) is 19.5. The Labute approximate surface area is 237 Å². The third kappa shape index (κ3) is 5.50. The summed E-state index contributed by atoms with van der Waals surface area (Å²) in [7, 11) is 0. The van der Waals surface area contributed by atoms with E-state index < -0.39 is 17.3 Å². The maximum atomic E-state index is 14.0. The predicted octanol–water partition coefficient (Wildman–Crippen LogP) is 6.23. The third-order valence-corrected chi connectivity index (χ3v) is 9.70. The van der Waals surface area contributed by atoms with Crippen molar-refractivity contribution < 1.29 is 32.2 Å². The number of ether oxygens (including phenoxy) is 1. The number of benzene rings is 2. The summed E-state index contributed by atoms with van der Waals surface area (Å²) in [5.74, 6) is -0.297. The van der Waals surface area contributed by atoms with Crippen LogP contribution >= 0.6 is 0 Å². The van der Waals surface area contributed by atoms with Crippen LogP contribution in [0, 0.1) is 17.7 Å². The summed E-state index contributed by atoms with van der Waals surface area (Å²) >= 11 is 0. The van der Waals surface area contributed by atoms with Gasteiger partial charge >= 0.3 is 6.18 Å². The molecule has 4 aliphatic rings. The summed E-state index contributed by atoms with van der Waals surface area (Å²) < 4.78 is 60.0. The van der Waals surface area contributed by atoms with Crippen LogP contribution in [-0.4, -0.2) is 58.7 Å². The largest absolute Gasteiger partial charge is 0.513 e. The number of hydrogen-bond acceptors (Lipinski definition) is 4. The maximum Gasteiger partial charge on any atom is 0.416 e. The molecule has 0 aromatic heterocycles.